The Morgan fingerprint density at radius 3 is 2.63 bits per heavy atom. The molecule has 2 aromatic rings. The van der Waals surface area contributed by atoms with Gasteiger partial charge in [0.15, 0.2) is 0 Å². The normalized spacial score (nSPS) is 10.4. The van der Waals surface area contributed by atoms with Crippen molar-refractivity contribution < 1.29 is 4.74 Å². The second-order valence-electron chi connectivity index (χ2n) is 4.26. The van der Waals surface area contributed by atoms with E-state index in [1.54, 1.807) is 6.20 Å². The molecule has 0 saturated heterocycles. The van der Waals surface area contributed by atoms with Gasteiger partial charge in [0, 0.05) is 24.5 Å². The topological polar surface area (TPSA) is 34.1 Å². The van der Waals surface area contributed by atoms with Crippen LogP contribution in [0, 0.1) is 6.92 Å². The Kier molecular flexibility index (Phi) is 5.38. The first-order valence-electron chi connectivity index (χ1n) is 6.40. The molecule has 2 rings (SSSR count). The Morgan fingerprint density at radius 2 is 1.95 bits per heavy atom. The first-order chi connectivity index (χ1) is 9.38. The summed E-state index contributed by atoms with van der Waals surface area (Å²) in [6, 6.07) is 12.0. The molecule has 0 amide bonds. The van der Waals surface area contributed by atoms with Gasteiger partial charge in [0.05, 0.1) is 0 Å². The van der Waals surface area contributed by atoms with Crippen molar-refractivity contribution in [2.24, 2.45) is 0 Å². The number of hydrogen-bond acceptors (Lipinski definition) is 3. The summed E-state index contributed by atoms with van der Waals surface area (Å²) in [4.78, 5) is 4.05. The average molecular weight is 254 g/mol. The fraction of sp³-hybridized carbons (Fsp3) is 0.250. The van der Waals surface area contributed by atoms with E-state index < -0.39 is 0 Å². The third-order valence-corrected chi connectivity index (χ3v) is 2.70. The van der Waals surface area contributed by atoms with Crippen LogP contribution >= 0.6 is 0 Å². The van der Waals surface area contributed by atoms with Crippen LogP contribution in [0.5, 0.6) is 5.75 Å². The minimum absolute atomic E-state index is 0.540. The second-order valence-corrected chi connectivity index (χ2v) is 4.26. The highest BCUT2D eigenvalue weighted by Crippen LogP contribution is 2.13. The van der Waals surface area contributed by atoms with Gasteiger partial charge in [0.25, 0.3) is 0 Å². The molecule has 1 N–H and O–H groups in total. The van der Waals surface area contributed by atoms with Gasteiger partial charge in [-0.25, -0.2) is 0 Å². The third-order valence-electron chi connectivity index (χ3n) is 2.70. The Hall–Kier alpha value is -1.87. The molecule has 3 nitrogen and oxygen atoms in total. The Balaban J connectivity index is 1.81. The van der Waals surface area contributed by atoms with E-state index in [0.29, 0.717) is 13.0 Å². The van der Waals surface area contributed by atoms with Crippen LogP contribution in [-0.2, 0) is 13.2 Å². The predicted molar refractivity (Wildman–Crippen MR) is 75.6 cm³/mol. The second kappa shape index (κ2) is 7.54. The Bertz CT molecular complexity index is 468. The van der Waals surface area contributed by atoms with Crippen molar-refractivity contribution in [3.05, 3.63) is 66.8 Å². The molecule has 0 aliphatic rings. The molecule has 2 radical (unpaired) electrons. The highest BCUT2D eigenvalue weighted by molar-refractivity contribution is 5.27. The van der Waals surface area contributed by atoms with Crippen molar-refractivity contribution in [2.75, 3.05) is 6.54 Å². The predicted octanol–water partition coefficient (Wildman–Crippen LogP) is 2.85. The van der Waals surface area contributed by atoms with Crippen LogP contribution < -0.4 is 10.1 Å². The highest BCUT2D eigenvalue weighted by Gasteiger charge is 1.97. The molecule has 0 aliphatic carbocycles. The molecule has 98 valence electrons. The lowest BCUT2D eigenvalue weighted by molar-refractivity contribution is 0.305. The molecule has 0 spiro atoms. The van der Waals surface area contributed by atoms with Crippen molar-refractivity contribution in [3.63, 3.8) is 0 Å². The summed E-state index contributed by atoms with van der Waals surface area (Å²) in [5.41, 5.74) is 2.29. The largest absolute Gasteiger partial charge is 0.489 e. The summed E-state index contributed by atoms with van der Waals surface area (Å²) >= 11 is 0. The van der Waals surface area contributed by atoms with Crippen LogP contribution in [-0.4, -0.2) is 11.5 Å². The lowest BCUT2D eigenvalue weighted by Gasteiger charge is -2.07. The van der Waals surface area contributed by atoms with Gasteiger partial charge in [0.1, 0.15) is 12.4 Å². The van der Waals surface area contributed by atoms with E-state index in [2.05, 4.69) is 22.4 Å². The van der Waals surface area contributed by atoms with Crippen molar-refractivity contribution in [1.29, 1.82) is 0 Å². The number of rotatable bonds is 7. The number of nitrogens with one attached hydrogen (secondary N) is 1. The van der Waals surface area contributed by atoms with Crippen LogP contribution in [0.2, 0.25) is 0 Å². The van der Waals surface area contributed by atoms with Gasteiger partial charge in [-0.2, -0.15) is 0 Å². The van der Waals surface area contributed by atoms with Gasteiger partial charge in [-0.05, 0) is 43.7 Å². The van der Waals surface area contributed by atoms with E-state index in [9.17, 15) is 0 Å². The van der Waals surface area contributed by atoms with E-state index in [1.807, 2.05) is 30.5 Å². The maximum Gasteiger partial charge on any atom is 0.119 e. The van der Waals surface area contributed by atoms with E-state index in [1.165, 1.54) is 5.56 Å². The summed E-state index contributed by atoms with van der Waals surface area (Å²) in [7, 11) is 0. The number of aromatic nitrogens is 1. The maximum absolute atomic E-state index is 5.69. The zero-order chi connectivity index (χ0) is 13.3. The van der Waals surface area contributed by atoms with Gasteiger partial charge in [-0.3, -0.25) is 4.98 Å². The summed E-state index contributed by atoms with van der Waals surface area (Å²) in [5.74, 6) is 0.867. The molecule has 0 atom stereocenters. The SMILES string of the molecule is [CH]CCNCc1ccc(OCc2cccnc2)cc1. The van der Waals surface area contributed by atoms with Gasteiger partial charge in [-0.1, -0.05) is 18.2 Å². The molecule has 1 aromatic carbocycles. The van der Waals surface area contributed by atoms with E-state index in [-0.39, 0.29) is 0 Å². The molecule has 19 heavy (non-hydrogen) atoms. The molecule has 3 heteroatoms. The molecule has 1 heterocycles. The lowest BCUT2D eigenvalue weighted by Crippen LogP contribution is -2.13. The zero-order valence-corrected chi connectivity index (χ0v) is 10.9. The number of pyridine rings is 1. The number of ether oxygens (including phenoxy) is 1. The van der Waals surface area contributed by atoms with Crippen LogP contribution in [0.3, 0.4) is 0 Å². The number of benzene rings is 1. The quantitative estimate of drug-likeness (QED) is 0.771. The number of nitrogens with zero attached hydrogens (tertiary/aromatic N) is 1. The minimum Gasteiger partial charge on any atom is -0.489 e. The van der Waals surface area contributed by atoms with Gasteiger partial charge < -0.3 is 10.1 Å². The first-order valence-corrected chi connectivity index (χ1v) is 6.40. The summed E-state index contributed by atoms with van der Waals surface area (Å²) < 4.78 is 5.69. The van der Waals surface area contributed by atoms with E-state index in [0.717, 1.165) is 24.4 Å². The molecule has 0 fully saturated rings. The van der Waals surface area contributed by atoms with Crippen LogP contribution in [0.4, 0.5) is 0 Å². The Morgan fingerprint density at radius 1 is 1.11 bits per heavy atom. The van der Waals surface area contributed by atoms with Crippen molar-refractivity contribution in [1.82, 2.24) is 10.3 Å². The summed E-state index contributed by atoms with van der Waals surface area (Å²) in [6.07, 6.45) is 4.23. The molecule has 0 saturated carbocycles. The summed E-state index contributed by atoms with van der Waals surface area (Å²) in [6.45, 7) is 7.63. The van der Waals surface area contributed by atoms with Crippen molar-refractivity contribution >= 4 is 0 Å². The summed E-state index contributed by atoms with van der Waals surface area (Å²) in [5, 5.41) is 3.25. The zero-order valence-electron chi connectivity index (χ0n) is 10.9. The molecular formula is C16H18N2O. The molecule has 0 bridgehead atoms. The van der Waals surface area contributed by atoms with E-state index >= 15 is 0 Å². The monoisotopic (exact) mass is 254 g/mol. The standard InChI is InChI=1S/C16H18N2O/c1-2-9-17-11-14-5-7-16(8-6-14)19-13-15-4-3-10-18-12-15/h1,3-8,10,12,17H,2,9,11,13H2. The maximum atomic E-state index is 5.69. The fourth-order valence-electron chi connectivity index (χ4n) is 1.69. The molecule has 0 unspecified atom stereocenters. The number of hydrogen-bond donors (Lipinski definition) is 1. The lowest BCUT2D eigenvalue weighted by atomic mass is 10.2. The third kappa shape index (κ3) is 4.72. The van der Waals surface area contributed by atoms with Gasteiger partial charge in [-0.15, -0.1) is 0 Å². The highest BCUT2D eigenvalue weighted by atomic mass is 16.5. The van der Waals surface area contributed by atoms with Crippen LogP contribution in [0.25, 0.3) is 0 Å². The van der Waals surface area contributed by atoms with E-state index in [4.69, 9.17) is 11.7 Å². The van der Waals surface area contributed by atoms with Gasteiger partial charge >= 0.3 is 0 Å². The Labute approximate surface area is 114 Å². The smallest absolute Gasteiger partial charge is 0.119 e. The minimum atomic E-state index is 0.540. The molecule has 0 aliphatic heterocycles. The molecule has 1 aromatic heterocycles. The van der Waals surface area contributed by atoms with Crippen LogP contribution in [0.15, 0.2) is 48.8 Å². The van der Waals surface area contributed by atoms with Crippen molar-refractivity contribution in [2.45, 2.75) is 19.6 Å². The van der Waals surface area contributed by atoms with Gasteiger partial charge in [0.2, 0.25) is 0 Å². The fourth-order valence-corrected chi connectivity index (χ4v) is 1.69. The van der Waals surface area contributed by atoms with Crippen LogP contribution in [0.1, 0.15) is 17.5 Å². The molecular weight excluding hydrogens is 236 g/mol. The first kappa shape index (κ1) is 13.6. The van der Waals surface area contributed by atoms with Crippen molar-refractivity contribution in [3.8, 4) is 5.75 Å². The average Bonchev–Trinajstić information content (AvgIpc) is 2.48.